The molecule has 74 heavy (non-hydrogen) atoms. The Labute approximate surface area is 439 Å². The van der Waals surface area contributed by atoms with Crippen molar-refractivity contribution in [3.05, 3.63) is 99.1 Å². The minimum absolute atomic E-state index is 0.0524. The average molecular weight is 1070 g/mol. The number of aliphatic hydroxyl groups is 1. The number of sulfonamides is 1. The number of fused-ring (bicyclic) bond motifs is 2. The Morgan fingerprint density at radius 2 is 1.77 bits per heavy atom. The summed E-state index contributed by atoms with van der Waals surface area (Å²) in [6.07, 6.45) is 10.2. The number of carboxylic acid groups (broad SMARTS) is 1. The van der Waals surface area contributed by atoms with Crippen molar-refractivity contribution in [1.82, 2.24) is 24.6 Å². The number of aliphatic hydroxyl groups excluding tert-OH is 1. The first-order valence-electron chi connectivity index (χ1n) is 24.1. The summed E-state index contributed by atoms with van der Waals surface area (Å²) < 4.78 is 35.1. The van der Waals surface area contributed by atoms with E-state index in [-0.39, 0.29) is 65.3 Å². The number of hydrogen-bond acceptors (Lipinski definition) is 16. The van der Waals surface area contributed by atoms with Crippen molar-refractivity contribution in [2.75, 3.05) is 62.6 Å². The molecule has 2 fully saturated rings. The van der Waals surface area contributed by atoms with Gasteiger partial charge in [0.25, 0.3) is 5.91 Å². The minimum atomic E-state index is -3.88. The first kappa shape index (κ1) is 56.9. The maximum Gasteiger partial charge on any atom is 0.349 e. The van der Waals surface area contributed by atoms with Crippen molar-refractivity contribution in [2.45, 2.75) is 88.6 Å². The number of aromatic carboxylic acids is 1. The molecule has 3 aliphatic heterocycles. The number of thiophene rings is 1. The number of amides is 1. The number of rotatable bonds is 18. The number of carbonyl (C=O) groups excluding carboxylic acids is 4. The smallest absolute Gasteiger partial charge is 0.349 e. The molecule has 0 radical (unpaired) electrons. The number of piperidine rings is 2. The molecule has 21 heteroatoms. The summed E-state index contributed by atoms with van der Waals surface area (Å²) in [6.45, 7) is 11.0. The van der Waals surface area contributed by atoms with E-state index in [4.69, 9.17) is 26.4 Å². The molecule has 2 saturated heterocycles. The monoisotopic (exact) mass is 1070 g/mol. The first-order chi connectivity index (χ1) is 35.5. The number of anilines is 3. The molecule has 2 atom stereocenters. The van der Waals surface area contributed by atoms with Crippen LogP contribution in [0.3, 0.4) is 0 Å². The highest BCUT2D eigenvalue weighted by molar-refractivity contribution is 7.88. The number of benzene rings is 2. The fourth-order valence-corrected chi connectivity index (χ4v) is 13.2. The third-order valence-corrected chi connectivity index (χ3v) is 16.7. The second-order valence-corrected chi connectivity index (χ2v) is 21.7. The molecule has 0 spiro atoms. The molecular weight excluding hydrogens is 1010 g/mol. The van der Waals surface area contributed by atoms with Gasteiger partial charge in [0.2, 0.25) is 10.0 Å². The average Bonchev–Trinajstić information content (AvgIpc) is 3.87. The molecule has 8 rings (SSSR count). The number of halogens is 1. The van der Waals surface area contributed by atoms with Gasteiger partial charge in [-0.05, 0) is 120 Å². The van der Waals surface area contributed by atoms with Crippen LogP contribution < -0.4 is 35.6 Å². The first-order valence-corrected chi connectivity index (χ1v) is 26.9. The Bertz CT molecular complexity index is 3140. The van der Waals surface area contributed by atoms with Gasteiger partial charge in [-0.3, -0.25) is 14.5 Å². The van der Waals surface area contributed by atoms with Crippen molar-refractivity contribution < 1.29 is 47.3 Å². The summed E-state index contributed by atoms with van der Waals surface area (Å²) in [7, 11) is 0.873. The van der Waals surface area contributed by atoms with Crippen LogP contribution in [-0.4, -0.2) is 134 Å². The predicted molar refractivity (Wildman–Crippen MR) is 290 cm³/mol. The summed E-state index contributed by atoms with van der Waals surface area (Å²) in [5.41, 5.74) is 3.23. The predicted octanol–water partition coefficient (Wildman–Crippen LogP) is 5.73. The number of aromatic nitrogens is 3. The molecule has 0 aliphatic carbocycles. The van der Waals surface area contributed by atoms with E-state index >= 15 is 0 Å². The molecular formula is C53H63ClN8O10S2. The van der Waals surface area contributed by atoms with Crippen LogP contribution in [0, 0.1) is 0 Å². The second-order valence-electron chi connectivity index (χ2n) is 18.4. The molecule has 4 N–H and O–H groups in total. The van der Waals surface area contributed by atoms with Crippen LogP contribution in [0.1, 0.15) is 86.3 Å². The molecule has 0 bridgehead atoms. The molecule has 1 amide bonds. The van der Waals surface area contributed by atoms with Crippen LogP contribution in [0.25, 0.3) is 33.1 Å². The molecule has 5 aromatic rings. The molecule has 394 valence electrons. The molecule has 18 nitrogen and oxygen atoms in total. The number of nitrogens with one attached hydrogen (secondary N) is 2. The van der Waals surface area contributed by atoms with E-state index in [2.05, 4.69) is 32.1 Å². The van der Waals surface area contributed by atoms with E-state index in [1.807, 2.05) is 83.4 Å². The van der Waals surface area contributed by atoms with Gasteiger partial charge in [0.1, 0.15) is 41.6 Å². The van der Waals surface area contributed by atoms with E-state index in [0.717, 1.165) is 71.4 Å². The van der Waals surface area contributed by atoms with Crippen molar-refractivity contribution in [1.29, 1.82) is 0 Å². The van der Waals surface area contributed by atoms with E-state index in [1.165, 1.54) is 9.21 Å². The number of ether oxygens (including phenoxy) is 1. The van der Waals surface area contributed by atoms with Crippen molar-refractivity contribution in [3.8, 4) is 16.2 Å². The highest BCUT2D eigenvalue weighted by Gasteiger charge is 2.42. The maximum atomic E-state index is 14.1. The quantitative estimate of drug-likeness (QED) is 0.0767. The lowest BCUT2D eigenvalue weighted by Crippen LogP contribution is -2.55. The lowest BCUT2D eigenvalue weighted by atomic mass is 9.87. The number of hydrogen-bond donors (Lipinski definition) is 4. The highest BCUT2D eigenvalue weighted by Crippen LogP contribution is 2.46. The Balaban J connectivity index is 0.00000172. The Morgan fingerprint density at radius 3 is 2.41 bits per heavy atom. The summed E-state index contributed by atoms with van der Waals surface area (Å²) in [4.78, 5) is 77.7. The van der Waals surface area contributed by atoms with E-state index < -0.39 is 33.3 Å². The van der Waals surface area contributed by atoms with Gasteiger partial charge in [0, 0.05) is 72.8 Å². The zero-order chi connectivity index (χ0) is 53.9. The Hall–Kier alpha value is -6.42. The highest BCUT2D eigenvalue weighted by atomic mass is 35.5. The molecule has 3 aliphatic rings. The van der Waals surface area contributed by atoms with Crippen molar-refractivity contribution >= 4 is 104 Å². The summed E-state index contributed by atoms with van der Waals surface area (Å²) >= 11 is 7.52. The number of carboxylic acids is 1. The fourth-order valence-electron chi connectivity index (χ4n) is 9.95. The summed E-state index contributed by atoms with van der Waals surface area (Å²) in [5.74, 6) is -0.921. The zero-order valence-corrected chi connectivity index (χ0v) is 44.7. The fraction of sp³-hybridized carbons (Fsp3) is 0.396. The van der Waals surface area contributed by atoms with Gasteiger partial charge >= 0.3 is 5.97 Å². The number of carbonyl (C=O) groups is 5. The summed E-state index contributed by atoms with van der Waals surface area (Å²) in [6, 6.07) is 14.3. The van der Waals surface area contributed by atoms with Gasteiger partial charge in [-0.1, -0.05) is 48.5 Å². The van der Waals surface area contributed by atoms with E-state index in [1.54, 1.807) is 18.3 Å². The minimum Gasteiger partial charge on any atom is -0.483 e. The third kappa shape index (κ3) is 12.2. The van der Waals surface area contributed by atoms with Crippen LogP contribution in [0.4, 0.5) is 17.2 Å². The topological polar surface area (TPSA) is 242 Å². The van der Waals surface area contributed by atoms with E-state index in [9.17, 15) is 37.5 Å². The summed E-state index contributed by atoms with van der Waals surface area (Å²) in [5, 5.41) is 25.5. The SMILES string of the molecule is C=CC1=c2c(ccc(C3CCN(c4ccc5cnc(CS(=O)(=O)N6CCC(Nc7cccc(-c8sc(C(=O)O)c(OCC=O)c8Cl)c7)CC6(C)C)nc5n4)CC3)/c2=C/C)N(C(C=O)CCC=O)C1=O.CNC.CO. The lowest BCUT2D eigenvalue weighted by Gasteiger charge is -2.44. The van der Waals surface area contributed by atoms with Crippen LogP contribution in [0.5, 0.6) is 5.75 Å². The number of pyridine rings is 1. The standard InChI is InChI=1S/C50H52ClN7O9S2.C2H7N.CH4O/c1-5-36-38(13-14-39-42(36)37(6-2)48(62)58(39)35(28-61)11-8-22-59)30-16-19-56(20-17-30)41-15-12-32-27-52-40(54-47(32)55-41)29-69(65,66)57-21-18-34(26-50(57,3)4)53-33-10-7-9-31(25-33)45-43(51)44(67-24-23-60)46(68-45)49(63)64;1-3-2;1-2/h5-7,9-10,12-15,22-23,25,27-28,30,34-35,53H,2,8,11,16-21,24,26,29H2,1,3-4H3,(H,63,64);3H,1-2H3;2H,1H3/b36-5-;;. The van der Waals surface area contributed by atoms with Crippen LogP contribution >= 0.6 is 22.9 Å². The van der Waals surface area contributed by atoms with Crippen LogP contribution in [-0.2, 0) is 35.0 Å². The zero-order valence-electron chi connectivity index (χ0n) is 42.3. The molecule has 3 aromatic heterocycles. The normalized spacial score (nSPS) is 17.4. The Kier molecular flexibility index (Phi) is 19.4. The van der Waals surface area contributed by atoms with E-state index in [0.29, 0.717) is 65.0 Å². The van der Waals surface area contributed by atoms with Crippen molar-refractivity contribution in [2.24, 2.45) is 0 Å². The molecule has 6 heterocycles. The van der Waals surface area contributed by atoms with Gasteiger partial charge in [0.15, 0.2) is 22.6 Å². The molecule has 2 unspecified atom stereocenters. The Morgan fingerprint density at radius 1 is 1.04 bits per heavy atom. The number of aldehydes is 3. The maximum absolute atomic E-state index is 14.1. The van der Waals surface area contributed by atoms with Gasteiger partial charge in [-0.2, -0.15) is 4.31 Å². The molecule has 0 saturated carbocycles. The van der Waals surface area contributed by atoms with Crippen molar-refractivity contribution in [3.63, 3.8) is 0 Å². The van der Waals surface area contributed by atoms with Gasteiger partial charge in [-0.25, -0.2) is 28.2 Å². The van der Waals surface area contributed by atoms with Gasteiger partial charge < -0.3 is 40.1 Å². The second kappa shape index (κ2) is 25.2. The van der Waals surface area contributed by atoms with Crippen LogP contribution in [0.2, 0.25) is 5.02 Å². The largest absolute Gasteiger partial charge is 0.483 e. The number of nitrogens with zero attached hydrogens (tertiary/aromatic N) is 6. The third-order valence-electron chi connectivity index (χ3n) is 13.1. The lowest BCUT2D eigenvalue weighted by molar-refractivity contribution is -0.117. The molecule has 2 aromatic carbocycles. The van der Waals surface area contributed by atoms with Crippen LogP contribution in [0.15, 0.2) is 67.4 Å². The van der Waals surface area contributed by atoms with Gasteiger partial charge in [-0.15, -0.1) is 11.3 Å². The van der Waals surface area contributed by atoms with Gasteiger partial charge in [0.05, 0.1) is 16.6 Å².